The van der Waals surface area contributed by atoms with E-state index in [-0.39, 0.29) is 0 Å². The molecule has 80 valence electrons. The summed E-state index contributed by atoms with van der Waals surface area (Å²) in [6.07, 6.45) is 1.19. The van der Waals surface area contributed by atoms with Crippen LogP contribution in [0.3, 0.4) is 0 Å². The zero-order valence-corrected chi connectivity index (χ0v) is 9.73. The second-order valence-electron chi connectivity index (χ2n) is 4.27. The van der Waals surface area contributed by atoms with Gasteiger partial charge >= 0.3 is 0 Å². The van der Waals surface area contributed by atoms with E-state index in [2.05, 4.69) is 17.2 Å². The zero-order valence-electron chi connectivity index (χ0n) is 8.92. The van der Waals surface area contributed by atoms with Gasteiger partial charge in [-0.3, -0.25) is 0 Å². The van der Waals surface area contributed by atoms with Crippen LogP contribution >= 0.6 is 11.8 Å². The first-order valence-corrected chi connectivity index (χ1v) is 6.65. The molecule has 1 N–H and O–H groups in total. The van der Waals surface area contributed by atoms with E-state index in [1.54, 1.807) is 0 Å². The van der Waals surface area contributed by atoms with Crippen molar-refractivity contribution < 1.29 is 0 Å². The Morgan fingerprint density at radius 1 is 1.33 bits per heavy atom. The molecule has 1 saturated heterocycles. The van der Waals surface area contributed by atoms with Gasteiger partial charge in [-0.25, -0.2) is 9.97 Å². The fourth-order valence-electron chi connectivity index (χ4n) is 2.29. The number of nitrogens with zero attached hydrogens (tertiary/aromatic N) is 2. The highest BCUT2D eigenvalue weighted by molar-refractivity contribution is 7.98. The van der Waals surface area contributed by atoms with Crippen LogP contribution in [0, 0.1) is 6.92 Å². The average molecular weight is 221 g/mol. The lowest BCUT2D eigenvalue weighted by Gasteiger charge is -2.10. The topological polar surface area (TPSA) is 37.8 Å². The average Bonchev–Trinajstić information content (AvgIpc) is 2.88. The Kier molecular flexibility index (Phi) is 2.41. The molecule has 4 heteroatoms. The molecular formula is C11H15N3S. The van der Waals surface area contributed by atoms with Gasteiger partial charge in [0.15, 0.2) is 0 Å². The maximum Gasteiger partial charge on any atom is 0.133 e. The van der Waals surface area contributed by atoms with Crippen molar-refractivity contribution in [1.82, 2.24) is 15.3 Å². The smallest absolute Gasteiger partial charge is 0.133 e. The highest BCUT2D eigenvalue weighted by Crippen LogP contribution is 2.31. The molecule has 0 bridgehead atoms. The first kappa shape index (κ1) is 9.60. The van der Waals surface area contributed by atoms with E-state index in [4.69, 9.17) is 4.98 Å². The first-order valence-electron chi connectivity index (χ1n) is 5.49. The fraction of sp³-hybridized carbons (Fsp3) is 0.636. The molecule has 1 aromatic rings. The number of thioether (sulfide) groups is 1. The summed E-state index contributed by atoms with van der Waals surface area (Å²) in [4.78, 5) is 9.39. The molecule has 1 fully saturated rings. The van der Waals surface area contributed by atoms with E-state index in [1.165, 1.54) is 23.4 Å². The fourth-order valence-corrected chi connectivity index (χ4v) is 3.41. The molecule has 0 aromatic carbocycles. The minimum absolute atomic E-state index is 0.541. The minimum atomic E-state index is 0.541. The number of aryl methyl sites for hydroxylation is 1. The maximum atomic E-state index is 4.72. The number of hydrogen-bond acceptors (Lipinski definition) is 4. The first-order chi connectivity index (χ1) is 7.34. The van der Waals surface area contributed by atoms with Crippen molar-refractivity contribution in [3.63, 3.8) is 0 Å². The molecule has 3 rings (SSSR count). The van der Waals surface area contributed by atoms with Gasteiger partial charge in [0, 0.05) is 35.2 Å². The summed E-state index contributed by atoms with van der Waals surface area (Å²) >= 11 is 1.95. The van der Waals surface area contributed by atoms with E-state index < -0.39 is 0 Å². The van der Waals surface area contributed by atoms with Crippen LogP contribution in [0.4, 0.5) is 0 Å². The molecule has 15 heavy (non-hydrogen) atoms. The SMILES string of the molecule is Cc1nc(C2CCNC2)nc2c1CSC2. The van der Waals surface area contributed by atoms with Crippen molar-refractivity contribution in [2.75, 3.05) is 13.1 Å². The molecule has 3 nitrogen and oxygen atoms in total. The van der Waals surface area contributed by atoms with Crippen LogP contribution in [0.25, 0.3) is 0 Å². The lowest BCUT2D eigenvalue weighted by molar-refractivity contribution is 0.689. The lowest BCUT2D eigenvalue weighted by atomic mass is 10.1. The maximum absolute atomic E-state index is 4.72. The highest BCUT2D eigenvalue weighted by atomic mass is 32.2. The largest absolute Gasteiger partial charge is 0.316 e. The summed E-state index contributed by atoms with van der Waals surface area (Å²) in [5.74, 6) is 3.79. The Hall–Kier alpha value is -0.610. The minimum Gasteiger partial charge on any atom is -0.316 e. The van der Waals surface area contributed by atoms with Gasteiger partial charge in [0.2, 0.25) is 0 Å². The van der Waals surface area contributed by atoms with E-state index in [9.17, 15) is 0 Å². The molecule has 0 saturated carbocycles. The van der Waals surface area contributed by atoms with E-state index in [0.717, 1.165) is 30.4 Å². The summed E-state index contributed by atoms with van der Waals surface area (Å²) in [6.45, 7) is 4.28. The Balaban J connectivity index is 1.99. The Morgan fingerprint density at radius 2 is 2.27 bits per heavy atom. The van der Waals surface area contributed by atoms with Gasteiger partial charge in [-0.05, 0) is 19.9 Å². The normalized spacial score (nSPS) is 24.5. The van der Waals surface area contributed by atoms with Crippen molar-refractivity contribution in [2.24, 2.45) is 0 Å². The van der Waals surface area contributed by atoms with Gasteiger partial charge in [0.1, 0.15) is 5.82 Å². The third-order valence-electron chi connectivity index (χ3n) is 3.23. The zero-order chi connectivity index (χ0) is 10.3. The van der Waals surface area contributed by atoms with Crippen LogP contribution in [0.1, 0.15) is 35.1 Å². The van der Waals surface area contributed by atoms with E-state index in [1.807, 2.05) is 11.8 Å². The molecule has 3 heterocycles. The quantitative estimate of drug-likeness (QED) is 0.782. The van der Waals surface area contributed by atoms with Gasteiger partial charge < -0.3 is 5.32 Å². The van der Waals surface area contributed by atoms with Gasteiger partial charge in [0.25, 0.3) is 0 Å². The van der Waals surface area contributed by atoms with Crippen LogP contribution < -0.4 is 5.32 Å². The van der Waals surface area contributed by atoms with E-state index >= 15 is 0 Å². The Morgan fingerprint density at radius 3 is 3.07 bits per heavy atom. The van der Waals surface area contributed by atoms with E-state index in [0.29, 0.717) is 5.92 Å². The van der Waals surface area contributed by atoms with Crippen LogP contribution in [0.15, 0.2) is 0 Å². The Bertz CT molecular complexity index is 386. The number of nitrogens with one attached hydrogen (secondary N) is 1. The molecule has 0 radical (unpaired) electrons. The van der Waals surface area contributed by atoms with Crippen LogP contribution in [0.2, 0.25) is 0 Å². The molecule has 1 atom stereocenters. The lowest BCUT2D eigenvalue weighted by Crippen LogP contribution is -2.12. The standard InChI is InChI=1S/C11H15N3S/c1-7-9-5-15-6-10(9)14-11(13-7)8-2-3-12-4-8/h8,12H,2-6H2,1H3. The summed E-state index contributed by atoms with van der Waals surface area (Å²) < 4.78 is 0. The van der Waals surface area contributed by atoms with Crippen LogP contribution in [0.5, 0.6) is 0 Å². The van der Waals surface area contributed by atoms with Crippen molar-refractivity contribution in [2.45, 2.75) is 30.8 Å². The Labute approximate surface area is 94.1 Å². The van der Waals surface area contributed by atoms with Gasteiger partial charge in [-0.2, -0.15) is 11.8 Å². The van der Waals surface area contributed by atoms with Crippen molar-refractivity contribution in [3.05, 3.63) is 22.8 Å². The molecule has 2 aliphatic rings. The van der Waals surface area contributed by atoms with Crippen LogP contribution in [-0.2, 0) is 11.5 Å². The van der Waals surface area contributed by atoms with Crippen molar-refractivity contribution in [1.29, 1.82) is 0 Å². The predicted molar refractivity (Wildman–Crippen MR) is 62.0 cm³/mol. The second kappa shape index (κ2) is 3.76. The summed E-state index contributed by atoms with van der Waals surface area (Å²) in [5.41, 5.74) is 3.87. The molecular weight excluding hydrogens is 206 g/mol. The molecule has 0 amide bonds. The summed E-state index contributed by atoms with van der Waals surface area (Å²) in [5, 5.41) is 3.37. The highest BCUT2D eigenvalue weighted by Gasteiger charge is 2.23. The number of fused-ring (bicyclic) bond motifs is 1. The second-order valence-corrected chi connectivity index (χ2v) is 5.26. The number of hydrogen-bond donors (Lipinski definition) is 1. The third-order valence-corrected chi connectivity index (χ3v) is 4.20. The number of rotatable bonds is 1. The van der Waals surface area contributed by atoms with Crippen molar-refractivity contribution in [3.8, 4) is 0 Å². The molecule has 1 aromatic heterocycles. The van der Waals surface area contributed by atoms with Gasteiger partial charge in [0.05, 0.1) is 5.69 Å². The monoisotopic (exact) mass is 221 g/mol. The summed E-state index contributed by atoms with van der Waals surface area (Å²) in [6, 6.07) is 0. The number of aromatic nitrogens is 2. The van der Waals surface area contributed by atoms with Crippen molar-refractivity contribution >= 4 is 11.8 Å². The molecule has 1 unspecified atom stereocenters. The molecule has 0 spiro atoms. The molecule has 2 aliphatic heterocycles. The van der Waals surface area contributed by atoms with Gasteiger partial charge in [-0.15, -0.1) is 0 Å². The third kappa shape index (κ3) is 1.66. The van der Waals surface area contributed by atoms with Crippen LogP contribution in [-0.4, -0.2) is 23.1 Å². The predicted octanol–water partition coefficient (Wildman–Crippen LogP) is 1.61. The van der Waals surface area contributed by atoms with Gasteiger partial charge in [-0.1, -0.05) is 0 Å². The summed E-state index contributed by atoms with van der Waals surface area (Å²) in [7, 11) is 0. The molecule has 0 aliphatic carbocycles.